The highest BCUT2D eigenvalue weighted by molar-refractivity contribution is 7.99. The third kappa shape index (κ3) is 6.02. The Morgan fingerprint density at radius 1 is 1.06 bits per heavy atom. The van der Waals surface area contributed by atoms with Gasteiger partial charge in [0.15, 0.2) is 6.10 Å². The van der Waals surface area contributed by atoms with Crippen molar-refractivity contribution in [3.8, 4) is 0 Å². The van der Waals surface area contributed by atoms with E-state index in [1.807, 2.05) is 30.3 Å². The number of hydrogen-bond donors (Lipinski definition) is 1. The molecule has 1 N–H and O–H groups in total. The minimum atomic E-state index is -3.67. The van der Waals surface area contributed by atoms with Gasteiger partial charge in [-0.1, -0.05) is 36.0 Å². The summed E-state index contributed by atoms with van der Waals surface area (Å²) in [4.78, 5) is 30.8. The Morgan fingerprint density at radius 2 is 1.76 bits per heavy atom. The van der Waals surface area contributed by atoms with Crippen LogP contribution in [0.15, 0.2) is 81.7 Å². The molecule has 1 amide bonds. The van der Waals surface area contributed by atoms with E-state index in [2.05, 4.69) is 10.3 Å². The number of anilines is 1. The van der Waals surface area contributed by atoms with E-state index < -0.39 is 28.0 Å². The molecule has 0 saturated heterocycles. The average molecular weight is 500 g/mol. The molecule has 0 saturated carbocycles. The van der Waals surface area contributed by atoms with E-state index in [9.17, 15) is 18.0 Å². The number of esters is 1. The van der Waals surface area contributed by atoms with Crippen LogP contribution in [0.1, 0.15) is 22.8 Å². The first-order valence-electron chi connectivity index (χ1n) is 10.3. The second-order valence-corrected chi connectivity index (χ2v) is 10.8. The highest BCUT2D eigenvalue weighted by Crippen LogP contribution is 2.29. The van der Waals surface area contributed by atoms with Crippen LogP contribution in [-0.2, 0) is 19.6 Å². The molecule has 1 heterocycles. The van der Waals surface area contributed by atoms with Gasteiger partial charge in [-0.25, -0.2) is 22.5 Å². The number of nitrogens with zero attached hydrogens (tertiary/aromatic N) is 2. The van der Waals surface area contributed by atoms with Crippen LogP contribution in [0.2, 0.25) is 0 Å². The molecule has 0 fully saturated rings. The summed E-state index contributed by atoms with van der Waals surface area (Å²) in [5, 5.41) is 3.11. The number of nitrogens with one attached hydrogen (secondary N) is 1. The van der Waals surface area contributed by atoms with E-state index in [1.54, 1.807) is 31.3 Å². The molecule has 3 aromatic rings. The topological polar surface area (TPSA) is 106 Å². The van der Waals surface area contributed by atoms with Crippen molar-refractivity contribution < 1.29 is 22.7 Å². The summed E-state index contributed by atoms with van der Waals surface area (Å²) in [6.45, 7) is 3.18. The second kappa shape index (κ2) is 10.8. The molecular weight excluding hydrogens is 474 g/mol. The van der Waals surface area contributed by atoms with Gasteiger partial charge in [0.25, 0.3) is 5.91 Å². The van der Waals surface area contributed by atoms with Gasteiger partial charge in [0.05, 0.1) is 10.5 Å². The summed E-state index contributed by atoms with van der Waals surface area (Å²) in [5.41, 5.74) is 1.22. The maximum absolute atomic E-state index is 12.8. The average Bonchev–Trinajstić information content (AvgIpc) is 2.81. The molecule has 0 aliphatic carbocycles. The van der Waals surface area contributed by atoms with E-state index in [0.29, 0.717) is 16.3 Å². The molecular formula is C24H25N3O5S2. The van der Waals surface area contributed by atoms with Crippen molar-refractivity contribution in [2.24, 2.45) is 0 Å². The second-order valence-electron chi connectivity index (χ2n) is 7.57. The monoisotopic (exact) mass is 499 g/mol. The van der Waals surface area contributed by atoms with Crippen molar-refractivity contribution in [1.29, 1.82) is 0 Å². The van der Waals surface area contributed by atoms with Crippen molar-refractivity contribution in [2.45, 2.75) is 34.8 Å². The Hall–Kier alpha value is -3.21. The van der Waals surface area contributed by atoms with Gasteiger partial charge in [-0.2, -0.15) is 0 Å². The lowest BCUT2D eigenvalue weighted by Gasteiger charge is -2.17. The molecule has 10 heteroatoms. The number of pyridine rings is 1. The third-order valence-electron chi connectivity index (χ3n) is 4.85. The zero-order valence-corrected chi connectivity index (χ0v) is 20.8. The SMILES string of the molecule is Cc1ccc(S(=O)(=O)N(C)C)cc1NC(=O)C(C)OC(=O)c1cccnc1Sc1ccccc1. The Labute approximate surface area is 203 Å². The lowest BCUT2D eigenvalue weighted by molar-refractivity contribution is -0.123. The van der Waals surface area contributed by atoms with E-state index in [-0.39, 0.29) is 10.5 Å². The molecule has 34 heavy (non-hydrogen) atoms. The molecule has 0 bridgehead atoms. The highest BCUT2D eigenvalue weighted by Gasteiger charge is 2.23. The number of amides is 1. The van der Waals surface area contributed by atoms with Crippen LogP contribution >= 0.6 is 11.8 Å². The Bertz CT molecular complexity index is 1290. The van der Waals surface area contributed by atoms with Crippen LogP contribution in [0.25, 0.3) is 0 Å². The number of aromatic nitrogens is 1. The van der Waals surface area contributed by atoms with Crippen molar-refractivity contribution in [1.82, 2.24) is 9.29 Å². The van der Waals surface area contributed by atoms with E-state index in [1.165, 1.54) is 44.9 Å². The van der Waals surface area contributed by atoms with Gasteiger partial charge in [-0.3, -0.25) is 4.79 Å². The van der Waals surface area contributed by atoms with Gasteiger partial charge in [-0.15, -0.1) is 0 Å². The zero-order chi connectivity index (χ0) is 24.9. The Morgan fingerprint density at radius 3 is 2.44 bits per heavy atom. The first-order valence-corrected chi connectivity index (χ1v) is 12.6. The number of rotatable bonds is 8. The fraction of sp³-hybridized carbons (Fsp3) is 0.208. The standard InChI is InChI=1S/C24H25N3O5S2/c1-16-12-13-19(34(30,31)27(3)4)15-21(16)26-22(28)17(2)32-24(29)20-11-8-14-25-23(20)33-18-9-6-5-7-10-18/h5-15,17H,1-4H3,(H,26,28). The maximum atomic E-state index is 12.8. The summed E-state index contributed by atoms with van der Waals surface area (Å²) in [6, 6.07) is 17.1. The van der Waals surface area contributed by atoms with Gasteiger partial charge in [0, 0.05) is 30.9 Å². The lowest BCUT2D eigenvalue weighted by Crippen LogP contribution is -2.30. The van der Waals surface area contributed by atoms with Gasteiger partial charge < -0.3 is 10.1 Å². The summed E-state index contributed by atoms with van der Waals surface area (Å²) in [7, 11) is -0.814. The van der Waals surface area contributed by atoms with Crippen LogP contribution in [-0.4, -0.2) is 49.8 Å². The van der Waals surface area contributed by atoms with Gasteiger partial charge >= 0.3 is 5.97 Å². The fourth-order valence-corrected chi connectivity index (χ4v) is 4.67. The molecule has 178 valence electrons. The molecule has 0 spiro atoms. The van der Waals surface area contributed by atoms with E-state index in [4.69, 9.17) is 4.74 Å². The molecule has 1 aromatic heterocycles. The number of benzene rings is 2. The fourth-order valence-electron chi connectivity index (χ4n) is 2.85. The van der Waals surface area contributed by atoms with Gasteiger partial charge in [0.2, 0.25) is 10.0 Å². The summed E-state index contributed by atoms with van der Waals surface area (Å²) in [5.74, 6) is -1.27. The number of sulfonamides is 1. The maximum Gasteiger partial charge on any atom is 0.341 e. The molecule has 1 atom stereocenters. The smallest absolute Gasteiger partial charge is 0.341 e. The number of carbonyl (C=O) groups excluding carboxylic acids is 2. The number of hydrogen-bond acceptors (Lipinski definition) is 7. The van der Waals surface area contributed by atoms with Crippen molar-refractivity contribution in [2.75, 3.05) is 19.4 Å². The summed E-state index contributed by atoms with van der Waals surface area (Å²) in [6.07, 6.45) is 0.450. The van der Waals surface area contributed by atoms with Gasteiger partial charge in [-0.05, 0) is 55.8 Å². The van der Waals surface area contributed by atoms with Crippen LogP contribution < -0.4 is 5.32 Å². The van der Waals surface area contributed by atoms with E-state index >= 15 is 0 Å². The highest BCUT2D eigenvalue weighted by atomic mass is 32.2. The molecule has 3 rings (SSSR count). The Balaban J connectivity index is 1.73. The lowest BCUT2D eigenvalue weighted by atomic mass is 10.2. The molecule has 1 unspecified atom stereocenters. The quantitative estimate of drug-likeness (QED) is 0.468. The normalized spacial score (nSPS) is 12.3. The van der Waals surface area contributed by atoms with Crippen LogP contribution in [0.5, 0.6) is 0 Å². The summed E-state index contributed by atoms with van der Waals surface area (Å²) < 4.78 is 31.3. The molecule has 8 nitrogen and oxygen atoms in total. The predicted molar refractivity (Wildman–Crippen MR) is 130 cm³/mol. The van der Waals surface area contributed by atoms with E-state index in [0.717, 1.165) is 9.20 Å². The number of ether oxygens (including phenoxy) is 1. The first kappa shape index (κ1) is 25.4. The van der Waals surface area contributed by atoms with Crippen molar-refractivity contribution in [3.63, 3.8) is 0 Å². The summed E-state index contributed by atoms with van der Waals surface area (Å²) >= 11 is 1.32. The molecule has 0 aliphatic heterocycles. The number of carbonyl (C=O) groups is 2. The van der Waals surface area contributed by atoms with Crippen LogP contribution in [0, 0.1) is 6.92 Å². The minimum Gasteiger partial charge on any atom is -0.449 e. The Kier molecular flexibility index (Phi) is 8.08. The molecule has 0 aliphatic rings. The predicted octanol–water partition coefficient (Wildman–Crippen LogP) is 3.98. The van der Waals surface area contributed by atoms with Crippen molar-refractivity contribution in [3.05, 3.63) is 78.0 Å². The first-order chi connectivity index (χ1) is 16.1. The van der Waals surface area contributed by atoms with Crippen LogP contribution in [0.4, 0.5) is 5.69 Å². The number of aryl methyl sites for hydroxylation is 1. The molecule has 0 radical (unpaired) electrons. The molecule has 2 aromatic carbocycles. The van der Waals surface area contributed by atoms with Crippen LogP contribution in [0.3, 0.4) is 0 Å². The van der Waals surface area contributed by atoms with Gasteiger partial charge in [0.1, 0.15) is 5.03 Å². The van der Waals surface area contributed by atoms with Crippen molar-refractivity contribution >= 4 is 39.3 Å². The largest absolute Gasteiger partial charge is 0.449 e. The zero-order valence-electron chi connectivity index (χ0n) is 19.2. The minimum absolute atomic E-state index is 0.0426. The third-order valence-corrected chi connectivity index (χ3v) is 7.68.